The summed E-state index contributed by atoms with van der Waals surface area (Å²) in [5, 5.41) is 0. The standard InChI is InChI=1S/C22H29AsO6S/c1-4-27-21(22(24)28-5-2)16-18-8-12-20(13-9-18)29-15-14-17-6-10-19(11-7-17)23-30(3,25)26/h6-13,21,23H,4-5,14-16H2,1-3H3. The Morgan fingerprint density at radius 1 is 0.967 bits per heavy atom. The Labute approximate surface area is 184 Å². The van der Waals surface area contributed by atoms with Crippen LogP contribution >= 0.6 is 0 Å². The van der Waals surface area contributed by atoms with Crippen LogP contribution < -0.4 is 9.09 Å². The zero-order valence-corrected chi connectivity index (χ0v) is 20.5. The van der Waals surface area contributed by atoms with Crippen molar-refractivity contribution in [3.05, 3.63) is 59.7 Å². The third-order valence-corrected chi connectivity index (χ3v) is 9.30. The Bertz CT molecular complexity index is 894. The molecule has 0 aliphatic carbocycles. The van der Waals surface area contributed by atoms with Gasteiger partial charge in [0.25, 0.3) is 0 Å². The molecule has 0 aromatic heterocycles. The van der Waals surface area contributed by atoms with E-state index >= 15 is 0 Å². The van der Waals surface area contributed by atoms with Crippen LogP contribution in [0.25, 0.3) is 0 Å². The van der Waals surface area contributed by atoms with Gasteiger partial charge in [-0.15, -0.1) is 0 Å². The van der Waals surface area contributed by atoms with Crippen molar-refractivity contribution >= 4 is 33.0 Å². The van der Waals surface area contributed by atoms with E-state index in [0.717, 1.165) is 27.6 Å². The summed E-state index contributed by atoms with van der Waals surface area (Å²) in [7, 11) is -2.90. The number of ether oxygens (including phenoxy) is 3. The fourth-order valence-corrected chi connectivity index (χ4v) is 7.29. The van der Waals surface area contributed by atoms with Gasteiger partial charge in [0.15, 0.2) is 6.10 Å². The van der Waals surface area contributed by atoms with E-state index in [1.165, 1.54) is 6.26 Å². The van der Waals surface area contributed by atoms with Crippen LogP contribution in [-0.4, -0.2) is 61.2 Å². The molecular weight excluding hydrogens is 467 g/mol. The van der Waals surface area contributed by atoms with Crippen LogP contribution in [0.1, 0.15) is 25.0 Å². The van der Waals surface area contributed by atoms with Gasteiger partial charge in [0.05, 0.1) is 6.61 Å². The Kier molecular flexibility index (Phi) is 9.89. The quantitative estimate of drug-likeness (QED) is 0.330. The van der Waals surface area contributed by atoms with Crippen molar-refractivity contribution in [2.75, 3.05) is 26.1 Å². The van der Waals surface area contributed by atoms with Crippen LogP contribution in [0.5, 0.6) is 5.75 Å². The van der Waals surface area contributed by atoms with E-state index in [-0.39, 0.29) is 5.97 Å². The van der Waals surface area contributed by atoms with Crippen LogP contribution in [0.15, 0.2) is 48.5 Å². The molecule has 2 aromatic carbocycles. The maximum Gasteiger partial charge on any atom is 0.0449 e. The van der Waals surface area contributed by atoms with Crippen LogP contribution in [-0.2, 0) is 35.2 Å². The molecule has 2 aromatic rings. The molecule has 0 saturated carbocycles. The molecule has 0 aliphatic rings. The SMILES string of the molecule is CCOC(=O)C(Cc1ccc(OCCc2ccc([AsH]S(C)(=O)=O)cc2)cc1)OCC. The van der Waals surface area contributed by atoms with E-state index in [4.69, 9.17) is 14.2 Å². The Morgan fingerprint density at radius 3 is 2.17 bits per heavy atom. The summed E-state index contributed by atoms with van der Waals surface area (Å²) in [5.41, 5.74) is 2.07. The number of rotatable bonds is 12. The Balaban J connectivity index is 1.83. The molecule has 0 aliphatic heterocycles. The molecule has 0 bridgehead atoms. The van der Waals surface area contributed by atoms with Crippen molar-refractivity contribution < 1.29 is 27.4 Å². The molecular formula is C22H29AsO6S. The number of hydrogen-bond donors (Lipinski definition) is 0. The van der Waals surface area contributed by atoms with E-state index < -0.39 is 28.8 Å². The summed E-state index contributed by atoms with van der Waals surface area (Å²) in [6.07, 6.45) is 1.87. The van der Waals surface area contributed by atoms with E-state index in [2.05, 4.69) is 0 Å². The Hall–Kier alpha value is -1.82. The second-order valence-corrected chi connectivity index (χ2v) is 15.6. The third-order valence-electron chi connectivity index (χ3n) is 4.18. The summed E-state index contributed by atoms with van der Waals surface area (Å²) in [6.45, 7) is 4.92. The molecule has 0 N–H and O–H groups in total. The van der Waals surface area contributed by atoms with Gasteiger partial charge < -0.3 is 9.47 Å². The molecule has 2 unspecified atom stereocenters. The summed E-state index contributed by atoms with van der Waals surface area (Å²) >= 11 is -1.14. The molecule has 0 amide bonds. The van der Waals surface area contributed by atoms with E-state index in [1.54, 1.807) is 6.92 Å². The van der Waals surface area contributed by atoms with Crippen molar-refractivity contribution in [2.45, 2.75) is 32.8 Å². The number of carbonyl (C=O) groups is 1. The molecule has 0 spiro atoms. The predicted molar refractivity (Wildman–Crippen MR) is 119 cm³/mol. The molecule has 6 nitrogen and oxygen atoms in total. The predicted octanol–water partition coefficient (Wildman–Crippen LogP) is 1.84. The first-order chi connectivity index (χ1) is 14.3. The minimum absolute atomic E-state index is 0.331. The van der Waals surface area contributed by atoms with Crippen molar-refractivity contribution in [1.82, 2.24) is 0 Å². The van der Waals surface area contributed by atoms with Crippen molar-refractivity contribution in [3.63, 3.8) is 0 Å². The minimum Gasteiger partial charge on any atom is -0.366 e. The molecule has 0 saturated heterocycles. The maximum atomic E-state index is 12.0. The first kappa shape index (κ1) is 24.4. The van der Waals surface area contributed by atoms with E-state index in [9.17, 15) is 13.2 Å². The van der Waals surface area contributed by atoms with Gasteiger partial charge in [0.1, 0.15) is 0 Å². The van der Waals surface area contributed by atoms with Gasteiger partial charge in [-0.25, -0.2) is 4.79 Å². The third kappa shape index (κ3) is 8.90. The molecule has 0 heterocycles. The molecule has 30 heavy (non-hydrogen) atoms. The normalized spacial score (nSPS) is 12.8. The summed E-state index contributed by atoms with van der Waals surface area (Å²) in [5.74, 6) is 0.410. The zero-order chi connectivity index (χ0) is 22.0. The van der Waals surface area contributed by atoms with Gasteiger partial charge in [-0.3, -0.25) is 0 Å². The fraction of sp³-hybridized carbons (Fsp3) is 0.409. The van der Waals surface area contributed by atoms with Gasteiger partial charge in [-0.05, 0) is 13.8 Å². The number of esters is 1. The maximum absolute atomic E-state index is 12.0. The molecule has 0 radical (unpaired) electrons. The van der Waals surface area contributed by atoms with Crippen molar-refractivity contribution in [3.8, 4) is 5.75 Å². The average Bonchev–Trinajstić information content (AvgIpc) is 2.69. The topological polar surface area (TPSA) is 78.9 Å². The first-order valence-corrected chi connectivity index (χ1v) is 15.4. The Morgan fingerprint density at radius 2 is 1.60 bits per heavy atom. The van der Waals surface area contributed by atoms with Crippen molar-refractivity contribution in [1.29, 1.82) is 0 Å². The van der Waals surface area contributed by atoms with Gasteiger partial charge in [0, 0.05) is 6.61 Å². The zero-order valence-electron chi connectivity index (χ0n) is 17.6. The van der Waals surface area contributed by atoms with Gasteiger partial charge in [-0.2, -0.15) is 0 Å². The van der Waals surface area contributed by atoms with Crippen LogP contribution in [0.2, 0.25) is 0 Å². The fourth-order valence-electron chi connectivity index (χ4n) is 2.82. The van der Waals surface area contributed by atoms with Gasteiger partial charge in [-0.1, -0.05) is 0 Å². The number of carbonyl (C=O) groups excluding carboxylic acids is 1. The largest absolute Gasteiger partial charge is 0.366 e. The summed E-state index contributed by atoms with van der Waals surface area (Å²) in [6, 6.07) is 15.3. The average molecular weight is 496 g/mol. The van der Waals surface area contributed by atoms with E-state index in [0.29, 0.717) is 26.2 Å². The number of hydrogen-bond acceptors (Lipinski definition) is 6. The molecule has 0 fully saturated rings. The summed E-state index contributed by atoms with van der Waals surface area (Å²) in [4.78, 5) is 12.0. The monoisotopic (exact) mass is 496 g/mol. The smallest absolute Gasteiger partial charge is 0.0449 e. The van der Waals surface area contributed by atoms with Crippen LogP contribution in [0.4, 0.5) is 0 Å². The van der Waals surface area contributed by atoms with E-state index in [1.807, 2.05) is 55.5 Å². The van der Waals surface area contributed by atoms with Crippen molar-refractivity contribution in [2.24, 2.45) is 0 Å². The van der Waals surface area contributed by atoms with Crippen LogP contribution in [0, 0.1) is 0 Å². The molecule has 8 heteroatoms. The number of benzene rings is 2. The minimum atomic E-state index is -2.90. The molecule has 2 rings (SSSR count). The second-order valence-electron chi connectivity index (χ2n) is 6.71. The van der Waals surface area contributed by atoms with Gasteiger partial charge >= 0.3 is 137 Å². The van der Waals surface area contributed by atoms with Gasteiger partial charge in [0.2, 0.25) is 0 Å². The van der Waals surface area contributed by atoms with Crippen LogP contribution in [0.3, 0.4) is 0 Å². The summed E-state index contributed by atoms with van der Waals surface area (Å²) < 4.78 is 40.1. The molecule has 164 valence electrons. The second kappa shape index (κ2) is 12.1. The molecule has 2 atom stereocenters. The first-order valence-electron chi connectivity index (χ1n) is 9.87.